The van der Waals surface area contributed by atoms with Crippen molar-refractivity contribution in [2.75, 3.05) is 6.54 Å². The third-order valence-electron chi connectivity index (χ3n) is 10.5. The first-order valence-corrected chi connectivity index (χ1v) is 20.9. The third kappa shape index (κ3) is 9.43. The fourth-order valence-electron chi connectivity index (χ4n) is 7.53. The van der Waals surface area contributed by atoms with Gasteiger partial charge in [0.2, 0.25) is 23.6 Å². The second-order valence-electron chi connectivity index (χ2n) is 15.4. The molecule has 0 spiro atoms. The number of carbonyl (C=O) groups excluding carboxylic acids is 5. The highest BCUT2D eigenvalue weighted by molar-refractivity contribution is 6.99. The number of benzene rings is 3. The molecule has 0 aliphatic carbocycles. The predicted octanol–water partition coefficient (Wildman–Crippen LogP) is 3.97. The number of allylic oxidation sites excluding steroid dienone is 2. The van der Waals surface area contributed by atoms with E-state index in [1.165, 1.54) is 4.90 Å². The van der Waals surface area contributed by atoms with Gasteiger partial charge in [-0.25, -0.2) is 0 Å². The molecule has 3 aromatic carbocycles. The second kappa shape index (κ2) is 18.0. The number of hydrogen-bond donors (Lipinski definition) is 3. The smallest absolute Gasteiger partial charge is 0.262 e. The molecule has 3 N–H and O–H groups in total. The number of amides is 4. The Bertz CT molecular complexity index is 1760. The Morgan fingerprint density at radius 1 is 0.815 bits per heavy atom. The van der Waals surface area contributed by atoms with Crippen molar-refractivity contribution in [2.45, 2.75) is 108 Å². The van der Waals surface area contributed by atoms with Gasteiger partial charge >= 0.3 is 0 Å². The van der Waals surface area contributed by atoms with Crippen LogP contribution < -0.4 is 26.3 Å². The average Bonchev–Trinajstić information content (AvgIpc) is 3.66. The summed E-state index contributed by atoms with van der Waals surface area (Å²) in [4.78, 5) is 69.3. The zero-order chi connectivity index (χ0) is 38.9. The first-order chi connectivity index (χ1) is 25.8. The van der Waals surface area contributed by atoms with Gasteiger partial charge in [0, 0.05) is 19.4 Å². The van der Waals surface area contributed by atoms with E-state index in [2.05, 4.69) is 61.0 Å². The Morgan fingerprint density at radius 3 is 1.98 bits per heavy atom. The predicted molar refractivity (Wildman–Crippen MR) is 213 cm³/mol. The molecule has 4 amide bonds. The maximum atomic E-state index is 13.8. The fraction of sp³-hybridized carbons (Fsp3) is 0.419. The van der Waals surface area contributed by atoms with Crippen LogP contribution >= 0.6 is 0 Å². The highest BCUT2D eigenvalue weighted by Gasteiger charge is 2.51. The molecule has 11 heteroatoms. The number of hydrogen-bond acceptors (Lipinski definition) is 6. The van der Waals surface area contributed by atoms with Crippen molar-refractivity contribution in [1.29, 1.82) is 0 Å². The van der Waals surface area contributed by atoms with E-state index in [0.29, 0.717) is 25.8 Å². The summed E-state index contributed by atoms with van der Waals surface area (Å²) in [5.41, 5.74) is 0.871. The molecule has 0 radical (unpaired) electrons. The number of ketones is 1. The minimum atomic E-state index is -2.92. The molecular weight excluding hydrogens is 697 g/mol. The topological polar surface area (TPSA) is 134 Å². The summed E-state index contributed by atoms with van der Waals surface area (Å²) < 4.78 is 6.97. The maximum Gasteiger partial charge on any atom is 0.262 e. The first-order valence-electron chi connectivity index (χ1n) is 19.0. The molecular formula is C43H54N4O6Si. The lowest BCUT2D eigenvalue weighted by atomic mass is 10.0. The van der Waals surface area contributed by atoms with Crippen LogP contribution in [0, 0.1) is 0 Å². The molecule has 5 rings (SSSR count). The monoisotopic (exact) mass is 750 g/mol. The van der Waals surface area contributed by atoms with Gasteiger partial charge in [0.05, 0.1) is 0 Å². The summed E-state index contributed by atoms with van der Waals surface area (Å²) in [7, 11) is -2.92. The van der Waals surface area contributed by atoms with Crippen LogP contribution in [0.3, 0.4) is 0 Å². The van der Waals surface area contributed by atoms with E-state index in [1.807, 2.05) is 79.7 Å². The van der Waals surface area contributed by atoms with E-state index < -0.39 is 56.3 Å². The number of Topliss-reactive ketones (excluding diaryl/α,β-unsaturated/α-hetero) is 1. The first kappa shape index (κ1) is 40.3. The number of nitrogens with one attached hydrogen (secondary N) is 3. The Balaban J connectivity index is 1.25. The summed E-state index contributed by atoms with van der Waals surface area (Å²) >= 11 is 0. The zero-order valence-electron chi connectivity index (χ0n) is 32.0. The summed E-state index contributed by atoms with van der Waals surface area (Å²) in [6.45, 7) is 10.3. The van der Waals surface area contributed by atoms with Gasteiger partial charge in [0.1, 0.15) is 30.3 Å². The SMILES string of the molecule is C[C@H]1NC(=O)[C@H](CCC=CCC(=O)[C@@H](C)O[Si](c2ccccc2)(c2ccccc2)C(C)(C)C)NC(=O)[C@H]2CCCN2C(=O)C(Cc2ccccc2)NC1=O. The third-order valence-corrected chi connectivity index (χ3v) is 15.6. The van der Waals surface area contributed by atoms with E-state index in [-0.39, 0.29) is 36.0 Å². The highest BCUT2D eigenvalue weighted by Crippen LogP contribution is 2.37. The van der Waals surface area contributed by atoms with E-state index in [4.69, 9.17) is 4.43 Å². The lowest BCUT2D eigenvalue weighted by molar-refractivity contribution is -0.143. The van der Waals surface area contributed by atoms with Gasteiger partial charge in [-0.3, -0.25) is 24.0 Å². The zero-order valence-corrected chi connectivity index (χ0v) is 33.0. The van der Waals surface area contributed by atoms with Crippen molar-refractivity contribution < 1.29 is 28.4 Å². The van der Waals surface area contributed by atoms with Gasteiger partial charge in [-0.2, -0.15) is 0 Å². The van der Waals surface area contributed by atoms with E-state index in [0.717, 1.165) is 15.9 Å². The summed E-state index contributed by atoms with van der Waals surface area (Å²) in [6.07, 6.45) is 5.07. The molecule has 2 aliphatic rings. The number of fused-ring (bicyclic) bond motifs is 1. The molecule has 5 atom stereocenters. The van der Waals surface area contributed by atoms with Crippen molar-refractivity contribution >= 4 is 48.1 Å². The molecule has 0 saturated carbocycles. The van der Waals surface area contributed by atoms with Crippen molar-refractivity contribution in [3.05, 3.63) is 109 Å². The van der Waals surface area contributed by atoms with Gasteiger partial charge in [0.15, 0.2) is 5.78 Å². The molecule has 3 aromatic rings. The lowest BCUT2D eigenvalue weighted by Crippen LogP contribution is -2.68. The van der Waals surface area contributed by atoms with Crippen molar-refractivity contribution in [3.8, 4) is 0 Å². The largest absolute Gasteiger partial charge is 0.398 e. The highest BCUT2D eigenvalue weighted by atomic mass is 28.4. The summed E-state index contributed by atoms with van der Waals surface area (Å²) in [6, 6.07) is 26.3. The van der Waals surface area contributed by atoms with E-state index >= 15 is 0 Å². The van der Waals surface area contributed by atoms with Gasteiger partial charge in [-0.1, -0.05) is 124 Å². The second-order valence-corrected chi connectivity index (χ2v) is 19.6. The quantitative estimate of drug-likeness (QED) is 0.190. The molecule has 2 heterocycles. The molecule has 0 bridgehead atoms. The van der Waals surface area contributed by atoms with Gasteiger partial charge in [-0.05, 0) is 60.5 Å². The minimum absolute atomic E-state index is 0.0623. The van der Waals surface area contributed by atoms with Crippen LogP contribution in [0.5, 0.6) is 0 Å². The van der Waals surface area contributed by atoms with Crippen molar-refractivity contribution in [2.24, 2.45) is 0 Å². The lowest BCUT2D eigenvalue weighted by Gasteiger charge is -2.44. The normalized spacial score (nSPS) is 22.1. The van der Waals surface area contributed by atoms with Crippen LogP contribution in [0.15, 0.2) is 103 Å². The van der Waals surface area contributed by atoms with Crippen molar-refractivity contribution in [3.63, 3.8) is 0 Å². The summed E-state index contributed by atoms with van der Waals surface area (Å²) in [5.74, 6) is -1.74. The van der Waals surface area contributed by atoms with Crippen LogP contribution in [0.4, 0.5) is 0 Å². The molecule has 1 unspecified atom stereocenters. The standard InChI is InChI=1S/C43H54N4O6Si/c1-30-39(49)46-36(29-32-19-10-6-11-20-32)42(52)47-28-18-26-37(47)41(51)45-35(40(50)44-30)25-16-9-17-27-38(48)31(2)53-54(43(3,4)5,33-21-12-7-13-22-33)34-23-14-8-15-24-34/h6-15,17,19-24,30-31,35-37H,16,18,25-29H2,1-5H3,(H,44,50)(H,45,51)(H,46,49)/t30-,31-,35+,36?,37-/m1/s1. The summed E-state index contributed by atoms with van der Waals surface area (Å²) in [5, 5.41) is 10.4. The maximum absolute atomic E-state index is 13.8. The van der Waals surface area contributed by atoms with Crippen LogP contribution in [-0.4, -0.2) is 79.4 Å². The molecule has 2 saturated heterocycles. The van der Waals surface area contributed by atoms with Gasteiger partial charge in [0.25, 0.3) is 8.32 Å². The Hall–Kier alpha value is -4.87. The fourth-order valence-corrected chi connectivity index (χ4v) is 12.2. The Kier molecular flexibility index (Phi) is 13.4. The number of nitrogens with zero attached hydrogens (tertiary/aromatic N) is 1. The van der Waals surface area contributed by atoms with Gasteiger partial charge < -0.3 is 25.3 Å². The minimum Gasteiger partial charge on any atom is -0.398 e. The van der Waals surface area contributed by atoms with Crippen LogP contribution in [0.25, 0.3) is 0 Å². The Morgan fingerprint density at radius 2 is 1.39 bits per heavy atom. The average molecular weight is 751 g/mol. The van der Waals surface area contributed by atoms with Crippen LogP contribution in [-0.2, 0) is 34.8 Å². The van der Waals surface area contributed by atoms with E-state index in [1.54, 1.807) is 13.0 Å². The van der Waals surface area contributed by atoms with Gasteiger partial charge in [-0.15, -0.1) is 0 Å². The molecule has 286 valence electrons. The van der Waals surface area contributed by atoms with Crippen LogP contribution in [0.1, 0.15) is 72.3 Å². The molecule has 2 aliphatic heterocycles. The number of rotatable bonds is 12. The number of carbonyl (C=O) groups is 5. The van der Waals surface area contributed by atoms with Crippen molar-refractivity contribution in [1.82, 2.24) is 20.9 Å². The Labute approximate surface area is 320 Å². The van der Waals surface area contributed by atoms with E-state index in [9.17, 15) is 24.0 Å². The molecule has 10 nitrogen and oxygen atoms in total. The molecule has 2 fully saturated rings. The van der Waals surface area contributed by atoms with Crippen LogP contribution in [0.2, 0.25) is 5.04 Å². The molecule has 0 aromatic heterocycles. The molecule has 54 heavy (non-hydrogen) atoms.